The van der Waals surface area contributed by atoms with Crippen LogP contribution in [0.15, 0.2) is 52.6 Å². The summed E-state index contributed by atoms with van der Waals surface area (Å²) < 4.78 is 6.48. The molecule has 1 aliphatic rings. The van der Waals surface area contributed by atoms with Gasteiger partial charge in [-0.1, -0.05) is 37.1 Å². The van der Waals surface area contributed by atoms with Crippen molar-refractivity contribution in [2.45, 2.75) is 44.7 Å². The number of pyridine rings is 1. The Balaban J connectivity index is 0.00000231. The Morgan fingerprint density at radius 1 is 1.10 bits per heavy atom. The summed E-state index contributed by atoms with van der Waals surface area (Å²) >= 11 is 1.47. The van der Waals surface area contributed by atoms with E-state index in [1.54, 1.807) is 7.11 Å². The van der Waals surface area contributed by atoms with Gasteiger partial charge in [-0.15, -0.1) is 23.7 Å². The van der Waals surface area contributed by atoms with Gasteiger partial charge in [-0.05, 0) is 54.5 Å². The Morgan fingerprint density at radius 3 is 2.55 bits per heavy atom. The summed E-state index contributed by atoms with van der Waals surface area (Å²) in [6.45, 7) is 2.24. The lowest BCUT2D eigenvalue weighted by Gasteiger charge is -2.20. The zero-order valence-corrected chi connectivity index (χ0v) is 19.4. The minimum atomic E-state index is -0.0363. The van der Waals surface area contributed by atoms with Gasteiger partial charge in [0.15, 0.2) is 0 Å². The molecule has 2 N–H and O–H groups in total. The van der Waals surface area contributed by atoms with E-state index in [2.05, 4.69) is 41.5 Å². The first-order valence-electron chi connectivity index (χ1n) is 10.6. The summed E-state index contributed by atoms with van der Waals surface area (Å²) in [6, 6.07) is 15.6. The maximum Gasteiger partial charge on any atom is 0.266 e. The van der Waals surface area contributed by atoms with Crippen LogP contribution in [-0.4, -0.2) is 18.1 Å². The van der Waals surface area contributed by atoms with Crippen LogP contribution in [0.1, 0.15) is 44.2 Å². The molecule has 0 aliphatic heterocycles. The average Bonchev–Trinajstić information content (AvgIpc) is 3.45. The highest BCUT2D eigenvalue weighted by atomic mass is 35.5. The number of aromatic amines is 1. The summed E-state index contributed by atoms with van der Waals surface area (Å²) in [5.41, 5.74) is 4.21. The van der Waals surface area contributed by atoms with E-state index < -0.39 is 0 Å². The van der Waals surface area contributed by atoms with Gasteiger partial charge in [0, 0.05) is 33.9 Å². The summed E-state index contributed by atoms with van der Waals surface area (Å²) in [5, 5.41) is 7.76. The van der Waals surface area contributed by atoms with Crippen molar-refractivity contribution in [2.24, 2.45) is 0 Å². The Labute approximate surface area is 192 Å². The molecule has 162 valence electrons. The van der Waals surface area contributed by atoms with E-state index in [4.69, 9.17) is 4.74 Å². The maximum atomic E-state index is 12.4. The molecule has 2 aromatic carbocycles. The smallest absolute Gasteiger partial charge is 0.266 e. The zero-order valence-electron chi connectivity index (χ0n) is 17.7. The largest absolute Gasteiger partial charge is 0.496 e. The third-order valence-corrected chi connectivity index (χ3v) is 7.23. The fourth-order valence-electron chi connectivity index (χ4n) is 4.77. The van der Waals surface area contributed by atoms with Crippen molar-refractivity contribution in [3.8, 4) is 16.9 Å². The molecule has 4 aromatic rings. The number of ether oxygens (including phenoxy) is 1. The molecule has 1 saturated carbocycles. The molecule has 6 heteroatoms. The van der Waals surface area contributed by atoms with Crippen LogP contribution in [0.2, 0.25) is 0 Å². The lowest BCUT2D eigenvalue weighted by molar-refractivity contribution is 0.417. The van der Waals surface area contributed by atoms with Gasteiger partial charge < -0.3 is 15.0 Å². The monoisotopic (exact) mass is 454 g/mol. The van der Waals surface area contributed by atoms with Crippen LogP contribution >= 0.6 is 23.7 Å². The predicted octanol–water partition coefficient (Wildman–Crippen LogP) is 6.43. The van der Waals surface area contributed by atoms with Crippen LogP contribution in [0.25, 0.3) is 32.1 Å². The molecule has 1 atom stereocenters. The van der Waals surface area contributed by atoms with Gasteiger partial charge in [0.05, 0.1) is 7.11 Å². The van der Waals surface area contributed by atoms with Crippen molar-refractivity contribution >= 4 is 44.7 Å². The standard InChI is InChI=1S/C25H26N2O2S.ClH/c1-15(26-18-5-3-4-6-18)16-7-9-17(10-8-16)22-21(29-2)12-11-20-23(22)19-13-14-30-24(19)25(28)27-20;/h7-15,18,26H,3-6H2,1-2H3,(H,27,28);1H. The Hall–Kier alpha value is -2.34. The highest BCUT2D eigenvalue weighted by molar-refractivity contribution is 7.17. The maximum absolute atomic E-state index is 12.4. The lowest BCUT2D eigenvalue weighted by atomic mass is 9.95. The fraction of sp³-hybridized carbons (Fsp3) is 0.320. The predicted molar refractivity (Wildman–Crippen MR) is 133 cm³/mol. The number of hydrogen-bond acceptors (Lipinski definition) is 4. The molecule has 1 fully saturated rings. The van der Waals surface area contributed by atoms with Gasteiger partial charge in [0.2, 0.25) is 0 Å². The Morgan fingerprint density at radius 2 is 1.84 bits per heavy atom. The number of rotatable bonds is 5. The summed E-state index contributed by atoms with van der Waals surface area (Å²) in [4.78, 5) is 15.5. The van der Waals surface area contributed by atoms with E-state index in [0.29, 0.717) is 12.1 Å². The molecule has 0 amide bonds. The Kier molecular flexibility index (Phi) is 6.37. The van der Waals surface area contributed by atoms with E-state index >= 15 is 0 Å². The number of hydrogen-bond donors (Lipinski definition) is 2. The van der Waals surface area contributed by atoms with Gasteiger partial charge in [-0.3, -0.25) is 4.79 Å². The molecule has 4 nitrogen and oxygen atoms in total. The number of benzene rings is 2. The van der Waals surface area contributed by atoms with Crippen LogP contribution < -0.4 is 15.6 Å². The molecule has 1 unspecified atom stereocenters. The molecule has 2 aromatic heterocycles. The SMILES string of the molecule is COc1ccc2[nH]c(=O)c3sccc3c2c1-c1ccc(C(C)NC2CCCC2)cc1.Cl. The van der Waals surface area contributed by atoms with Crippen LogP contribution in [-0.2, 0) is 0 Å². The van der Waals surface area contributed by atoms with Crippen LogP contribution in [0.3, 0.4) is 0 Å². The molecule has 5 rings (SSSR count). The first kappa shape index (κ1) is 21.9. The van der Waals surface area contributed by atoms with Crippen molar-refractivity contribution < 1.29 is 4.74 Å². The van der Waals surface area contributed by atoms with Crippen molar-refractivity contribution in [1.29, 1.82) is 0 Å². The first-order chi connectivity index (χ1) is 14.7. The van der Waals surface area contributed by atoms with Crippen LogP contribution in [0, 0.1) is 0 Å². The van der Waals surface area contributed by atoms with E-state index in [1.165, 1.54) is 42.6 Å². The van der Waals surface area contributed by atoms with Crippen molar-refractivity contribution in [1.82, 2.24) is 10.3 Å². The second-order valence-corrected chi connectivity index (χ2v) is 9.09. The average molecular weight is 455 g/mol. The number of H-pyrrole nitrogens is 1. The van der Waals surface area contributed by atoms with Gasteiger partial charge in [-0.25, -0.2) is 0 Å². The van der Waals surface area contributed by atoms with E-state index in [1.807, 2.05) is 23.6 Å². The van der Waals surface area contributed by atoms with Crippen LogP contribution in [0.4, 0.5) is 0 Å². The van der Waals surface area contributed by atoms with Crippen molar-refractivity contribution in [3.05, 3.63) is 63.8 Å². The second-order valence-electron chi connectivity index (χ2n) is 8.17. The van der Waals surface area contributed by atoms with Gasteiger partial charge in [0.25, 0.3) is 5.56 Å². The number of nitrogens with one attached hydrogen (secondary N) is 2. The normalized spacial score (nSPS) is 15.3. The van der Waals surface area contributed by atoms with Crippen molar-refractivity contribution in [3.63, 3.8) is 0 Å². The van der Waals surface area contributed by atoms with E-state index in [0.717, 1.165) is 37.9 Å². The molecule has 31 heavy (non-hydrogen) atoms. The fourth-order valence-corrected chi connectivity index (χ4v) is 5.56. The minimum absolute atomic E-state index is 0. The second kappa shape index (κ2) is 9.03. The quantitative estimate of drug-likeness (QED) is 0.365. The number of fused-ring (bicyclic) bond motifs is 3. The minimum Gasteiger partial charge on any atom is -0.496 e. The molecule has 2 heterocycles. The third kappa shape index (κ3) is 3.98. The summed E-state index contributed by atoms with van der Waals surface area (Å²) in [6.07, 6.45) is 5.24. The number of methoxy groups -OCH3 is 1. The number of aromatic nitrogens is 1. The molecule has 1 aliphatic carbocycles. The van der Waals surface area contributed by atoms with Gasteiger partial charge in [-0.2, -0.15) is 0 Å². The molecular formula is C25H27ClN2O2S. The van der Waals surface area contributed by atoms with E-state index in [-0.39, 0.29) is 18.0 Å². The summed E-state index contributed by atoms with van der Waals surface area (Å²) in [7, 11) is 1.70. The molecule has 0 spiro atoms. The zero-order chi connectivity index (χ0) is 20.7. The number of halogens is 1. The van der Waals surface area contributed by atoms with Crippen molar-refractivity contribution in [2.75, 3.05) is 7.11 Å². The molecule has 0 bridgehead atoms. The highest BCUT2D eigenvalue weighted by Gasteiger charge is 2.19. The van der Waals surface area contributed by atoms with Gasteiger partial charge in [0.1, 0.15) is 10.4 Å². The summed E-state index contributed by atoms with van der Waals surface area (Å²) in [5.74, 6) is 0.812. The van der Waals surface area contributed by atoms with Gasteiger partial charge >= 0.3 is 0 Å². The third-order valence-electron chi connectivity index (χ3n) is 6.32. The van der Waals surface area contributed by atoms with Crippen LogP contribution in [0.5, 0.6) is 5.75 Å². The lowest BCUT2D eigenvalue weighted by Crippen LogP contribution is -2.28. The first-order valence-corrected chi connectivity index (χ1v) is 11.5. The number of thiophene rings is 1. The molecular weight excluding hydrogens is 428 g/mol. The molecule has 0 saturated heterocycles. The molecule has 0 radical (unpaired) electrons. The Bertz CT molecular complexity index is 1260. The topological polar surface area (TPSA) is 54.1 Å². The highest BCUT2D eigenvalue weighted by Crippen LogP contribution is 2.40. The van der Waals surface area contributed by atoms with E-state index in [9.17, 15) is 4.79 Å².